The molecule has 31 heavy (non-hydrogen) atoms. The molecule has 0 bridgehead atoms. The first-order valence-corrected chi connectivity index (χ1v) is 10.1. The maximum absolute atomic E-state index is 13.4. The molecule has 0 radical (unpaired) electrons. The summed E-state index contributed by atoms with van der Waals surface area (Å²) in [5, 5.41) is 11.5. The van der Waals surface area contributed by atoms with Crippen LogP contribution in [0.2, 0.25) is 0 Å². The molecule has 0 aliphatic carbocycles. The van der Waals surface area contributed by atoms with Gasteiger partial charge < -0.3 is 10.2 Å². The maximum atomic E-state index is 13.4. The van der Waals surface area contributed by atoms with Crippen molar-refractivity contribution in [2.45, 2.75) is 31.3 Å². The predicted molar refractivity (Wildman–Crippen MR) is 112 cm³/mol. The van der Waals surface area contributed by atoms with Crippen LogP contribution < -0.4 is 10.9 Å². The van der Waals surface area contributed by atoms with Crippen LogP contribution in [0.25, 0.3) is 0 Å². The molecule has 158 valence electrons. The van der Waals surface area contributed by atoms with Crippen LogP contribution in [0.4, 0.5) is 5.69 Å². The first-order valence-electron chi connectivity index (χ1n) is 10.1. The first kappa shape index (κ1) is 19.2. The fourth-order valence-electron chi connectivity index (χ4n) is 4.88. The van der Waals surface area contributed by atoms with E-state index in [9.17, 15) is 14.4 Å². The number of nitrogens with one attached hydrogen (secondary N) is 1. The molecule has 5 rings (SSSR count). The fourth-order valence-corrected chi connectivity index (χ4v) is 4.88. The number of likely N-dealkylation sites (tertiary alicyclic amines) is 1. The molecule has 1 fully saturated rings. The van der Waals surface area contributed by atoms with E-state index in [1.807, 2.05) is 30.5 Å². The molecule has 0 unspecified atom stereocenters. The van der Waals surface area contributed by atoms with Gasteiger partial charge in [0.2, 0.25) is 11.8 Å². The van der Waals surface area contributed by atoms with Crippen LogP contribution in [0.1, 0.15) is 29.3 Å². The highest BCUT2D eigenvalue weighted by atomic mass is 16.2. The smallest absolute Gasteiger partial charge is 0.267 e. The van der Waals surface area contributed by atoms with Gasteiger partial charge in [0, 0.05) is 37.1 Å². The summed E-state index contributed by atoms with van der Waals surface area (Å²) >= 11 is 0. The predicted octanol–water partition coefficient (Wildman–Crippen LogP) is 1.15. The summed E-state index contributed by atoms with van der Waals surface area (Å²) in [4.78, 5) is 40.6. The van der Waals surface area contributed by atoms with Crippen molar-refractivity contribution in [3.63, 3.8) is 0 Å². The Balaban J connectivity index is 1.59. The van der Waals surface area contributed by atoms with Crippen molar-refractivity contribution in [3.8, 4) is 0 Å². The second kappa shape index (κ2) is 6.90. The first-order chi connectivity index (χ1) is 14.9. The van der Waals surface area contributed by atoms with Crippen LogP contribution >= 0.6 is 0 Å². The number of aryl methyl sites for hydroxylation is 2. The Bertz CT molecular complexity index is 1260. The Kier molecular flexibility index (Phi) is 4.28. The van der Waals surface area contributed by atoms with E-state index in [-0.39, 0.29) is 23.9 Å². The van der Waals surface area contributed by atoms with Gasteiger partial charge in [-0.3, -0.25) is 19.1 Å². The zero-order valence-electron chi connectivity index (χ0n) is 17.3. The molecule has 0 saturated carbocycles. The summed E-state index contributed by atoms with van der Waals surface area (Å²) in [7, 11) is 1.80. The number of carbonyl (C=O) groups is 2. The molecule has 2 aliphatic heterocycles. The summed E-state index contributed by atoms with van der Waals surface area (Å²) in [6.07, 6.45) is 4.02. The molecular formula is C22H22N6O3. The van der Waals surface area contributed by atoms with E-state index in [4.69, 9.17) is 0 Å². The lowest BCUT2D eigenvalue weighted by Gasteiger charge is -2.33. The van der Waals surface area contributed by atoms with E-state index >= 15 is 0 Å². The summed E-state index contributed by atoms with van der Waals surface area (Å²) in [5.74, 6) is -0.383. The van der Waals surface area contributed by atoms with Crippen LogP contribution in [0, 0.1) is 6.92 Å². The summed E-state index contributed by atoms with van der Waals surface area (Å²) < 4.78 is 2.83. The molecule has 1 aromatic carbocycles. The van der Waals surface area contributed by atoms with E-state index in [0.29, 0.717) is 18.7 Å². The van der Waals surface area contributed by atoms with Crippen molar-refractivity contribution in [3.05, 3.63) is 76.0 Å². The number of amides is 2. The number of hydrogen-bond donors (Lipinski definition) is 1. The van der Waals surface area contributed by atoms with Crippen molar-refractivity contribution < 1.29 is 9.59 Å². The quantitative estimate of drug-likeness (QED) is 0.688. The average molecular weight is 418 g/mol. The third-order valence-electron chi connectivity index (χ3n) is 6.23. The van der Waals surface area contributed by atoms with E-state index in [0.717, 1.165) is 16.8 Å². The number of para-hydroxylation sites is 1. The Hall–Kier alpha value is -3.75. The minimum absolute atomic E-state index is 0.122. The van der Waals surface area contributed by atoms with Crippen molar-refractivity contribution in [1.29, 1.82) is 0 Å². The third kappa shape index (κ3) is 2.88. The lowest BCUT2D eigenvalue weighted by atomic mass is 9.73. The number of carbonyl (C=O) groups excluding carboxylic acids is 2. The highest BCUT2D eigenvalue weighted by Gasteiger charge is 2.59. The highest BCUT2D eigenvalue weighted by Crippen LogP contribution is 2.54. The Morgan fingerprint density at radius 2 is 2.03 bits per heavy atom. The molecule has 1 saturated heterocycles. The summed E-state index contributed by atoms with van der Waals surface area (Å²) in [6.45, 7) is 1.97. The van der Waals surface area contributed by atoms with Gasteiger partial charge in [0.25, 0.3) is 5.56 Å². The second-order valence-electron chi connectivity index (χ2n) is 8.13. The van der Waals surface area contributed by atoms with Gasteiger partial charge in [-0.25, -0.2) is 4.68 Å². The molecule has 9 nitrogen and oxygen atoms in total. The van der Waals surface area contributed by atoms with Gasteiger partial charge in [0.05, 0.1) is 17.9 Å². The van der Waals surface area contributed by atoms with E-state index in [2.05, 4.69) is 15.5 Å². The Morgan fingerprint density at radius 3 is 2.81 bits per heavy atom. The maximum Gasteiger partial charge on any atom is 0.267 e. The van der Waals surface area contributed by atoms with E-state index < -0.39 is 11.5 Å². The molecule has 1 spiro atoms. The van der Waals surface area contributed by atoms with E-state index in [1.54, 1.807) is 35.8 Å². The van der Waals surface area contributed by atoms with Gasteiger partial charge in [-0.1, -0.05) is 18.2 Å². The molecule has 9 heteroatoms. The highest BCUT2D eigenvalue weighted by molar-refractivity contribution is 6.07. The van der Waals surface area contributed by atoms with Gasteiger partial charge >= 0.3 is 0 Å². The molecule has 1 N–H and O–H groups in total. The van der Waals surface area contributed by atoms with Gasteiger partial charge in [-0.15, -0.1) is 0 Å². The molecule has 2 atom stereocenters. The lowest BCUT2D eigenvalue weighted by molar-refractivity contribution is -0.134. The van der Waals surface area contributed by atoms with E-state index in [1.165, 1.54) is 10.7 Å². The van der Waals surface area contributed by atoms with Crippen LogP contribution in [-0.4, -0.2) is 42.8 Å². The summed E-state index contributed by atoms with van der Waals surface area (Å²) in [5.41, 5.74) is 1.85. The number of rotatable bonds is 3. The van der Waals surface area contributed by atoms with Crippen LogP contribution in [-0.2, 0) is 28.6 Å². The Labute approximate surface area is 178 Å². The van der Waals surface area contributed by atoms with Crippen LogP contribution in [0.5, 0.6) is 0 Å². The van der Waals surface area contributed by atoms with Gasteiger partial charge in [0.1, 0.15) is 12.0 Å². The minimum Gasteiger partial charge on any atom is -0.332 e. The normalized spacial score (nSPS) is 22.1. The molecule has 2 amide bonds. The fraction of sp³-hybridized carbons (Fsp3) is 0.318. The second-order valence-corrected chi connectivity index (χ2v) is 8.13. The van der Waals surface area contributed by atoms with Crippen LogP contribution in [0.3, 0.4) is 0 Å². The molecule has 4 heterocycles. The zero-order chi connectivity index (χ0) is 21.8. The Morgan fingerprint density at radius 1 is 1.23 bits per heavy atom. The number of nitrogens with zero attached hydrogens (tertiary/aromatic N) is 5. The SMILES string of the molecule is Cc1ccc(=O)n(CC(=O)N2CC[C@]3(C(=O)Nc4ccccc43)[C@@H]2c2cnn(C)c2)n1. The number of benzene rings is 1. The lowest BCUT2D eigenvalue weighted by Crippen LogP contribution is -2.44. The average Bonchev–Trinajstić information content (AvgIpc) is 3.42. The van der Waals surface area contributed by atoms with Crippen molar-refractivity contribution in [2.24, 2.45) is 7.05 Å². The molecule has 3 aromatic rings. The largest absolute Gasteiger partial charge is 0.332 e. The molecular weight excluding hydrogens is 396 g/mol. The summed E-state index contributed by atoms with van der Waals surface area (Å²) in [6, 6.07) is 10.1. The van der Waals surface area contributed by atoms with Gasteiger partial charge in [-0.05, 0) is 31.0 Å². The number of anilines is 1. The number of hydrogen-bond acceptors (Lipinski definition) is 5. The zero-order valence-corrected chi connectivity index (χ0v) is 17.3. The molecule has 2 aromatic heterocycles. The van der Waals surface area contributed by atoms with Crippen molar-refractivity contribution in [2.75, 3.05) is 11.9 Å². The topological polar surface area (TPSA) is 102 Å². The van der Waals surface area contributed by atoms with Gasteiger partial charge in [-0.2, -0.15) is 10.2 Å². The number of aromatic nitrogens is 4. The van der Waals surface area contributed by atoms with Crippen LogP contribution in [0.15, 0.2) is 53.6 Å². The minimum atomic E-state index is -0.902. The standard InChI is InChI=1S/C22H22N6O3/c1-14-7-8-18(29)28(25-14)13-19(30)27-10-9-22(20(27)15-11-23-26(2)12-15)16-5-3-4-6-17(16)24-21(22)31/h3-8,11-12,20H,9-10,13H2,1-2H3,(H,24,31)/t20-,22+/m0/s1. The third-order valence-corrected chi connectivity index (χ3v) is 6.23. The van der Waals surface area contributed by atoms with Crippen molar-refractivity contribution >= 4 is 17.5 Å². The number of fused-ring (bicyclic) bond motifs is 2. The van der Waals surface area contributed by atoms with Crippen molar-refractivity contribution in [1.82, 2.24) is 24.5 Å². The van der Waals surface area contributed by atoms with Gasteiger partial charge in [0.15, 0.2) is 0 Å². The monoisotopic (exact) mass is 418 g/mol. The molecule has 2 aliphatic rings.